The molecule has 0 saturated carbocycles. The van der Waals surface area contributed by atoms with Crippen LogP contribution in [0.2, 0.25) is 0 Å². The summed E-state index contributed by atoms with van der Waals surface area (Å²) in [7, 11) is 0. The number of unbranched alkanes of at least 4 members (excludes halogenated alkanes) is 4. The molecule has 1 rings (SSSR count). The van der Waals surface area contributed by atoms with Gasteiger partial charge in [0.25, 0.3) is 0 Å². The van der Waals surface area contributed by atoms with Crippen molar-refractivity contribution in [1.29, 1.82) is 0 Å². The van der Waals surface area contributed by atoms with Crippen LogP contribution in [0.25, 0.3) is 0 Å². The third-order valence-corrected chi connectivity index (χ3v) is 2.70. The Morgan fingerprint density at radius 2 is 2.07 bits per heavy atom. The van der Waals surface area contributed by atoms with E-state index in [0.717, 1.165) is 12.3 Å². The average molecular weight is 209 g/mol. The van der Waals surface area contributed by atoms with Crippen molar-refractivity contribution in [3.63, 3.8) is 0 Å². The van der Waals surface area contributed by atoms with Crippen molar-refractivity contribution in [1.82, 2.24) is 5.32 Å². The minimum absolute atomic E-state index is 0.339. The Hall–Kier alpha value is -0.760. The van der Waals surface area contributed by atoms with Gasteiger partial charge in [-0.15, -0.1) is 0 Å². The van der Waals surface area contributed by atoms with Gasteiger partial charge in [-0.1, -0.05) is 32.6 Å². The van der Waals surface area contributed by atoms with Gasteiger partial charge in [-0.25, -0.2) is 0 Å². The Balaban J connectivity index is 2.00. The van der Waals surface area contributed by atoms with Crippen molar-refractivity contribution in [3.8, 4) is 0 Å². The van der Waals surface area contributed by atoms with Gasteiger partial charge in [-0.2, -0.15) is 0 Å². The molecule has 0 spiro atoms. The van der Waals surface area contributed by atoms with Crippen molar-refractivity contribution >= 4 is 0 Å². The molecule has 0 bridgehead atoms. The highest BCUT2D eigenvalue weighted by Gasteiger charge is 2.05. The summed E-state index contributed by atoms with van der Waals surface area (Å²) in [6.45, 7) is 5.48. The molecule has 0 aliphatic rings. The monoisotopic (exact) mass is 209 g/mol. The third kappa shape index (κ3) is 5.03. The molecule has 2 heteroatoms. The van der Waals surface area contributed by atoms with E-state index in [-0.39, 0.29) is 0 Å². The molecule has 1 aromatic heterocycles. The first-order valence-corrected chi connectivity index (χ1v) is 6.11. The number of nitrogens with one attached hydrogen (secondary N) is 1. The number of furan rings is 1. The lowest BCUT2D eigenvalue weighted by Gasteiger charge is -2.10. The molecule has 0 saturated heterocycles. The predicted molar refractivity (Wildman–Crippen MR) is 63.9 cm³/mol. The Morgan fingerprint density at radius 3 is 2.73 bits per heavy atom. The van der Waals surface area contributed by atoms with E-state index < -0.39 is 0 Å². The maximum Gasteiger partial charge on any atom is 0.120 e. The summed E-state index contributed by atoms with van der Waals surface area (Å²) in [5.74, 6) is 1.03. The average Bonchev–Trinajstić information content (AvgIpc) is 2.76. The lowest BCUT2D eigenvalue weighted by Crippen LogP contribution is -2.19. The van der Waals surface area contributed by atoms with Crippen LogP contribution in [0.4, 0.5) is 0 Å². The van der Waals surface area contributed by atoms with Gasteiger partial charge in [-0.05, 0) is 32.0 Å². The number of hydrogen-bond donors (Lipinski definition) is 1. The quantitative estimate of drug-likeness (QED) is 0.657. The Kier molecular flexibility index (Phi) is 6.17. The number of hydrogen-bond acceptors (Lipinski definition) is 2. The molecule has 1 atom stereocenters. The second-order valence-corrected chi connectivity index (χ2v) is 4.11. The summed E-state index contributed by atoms with van der Waals surface area (Å²) in [5, 5.41) is 3.47. The van der Waals surface area contributed by atoms with Gasteiger partial charge in [0.15, 0.2) is 0 Å². The minimum atomic E-state index is 0.339. The predicted octanol–water partition coefficient (Wildman–Crippen LogP) is 3.90. The normalized spacial score (nSPS) is 12.9. The Labute approximate surface area is 93.1 Å². The molecule has 1 unspecified atom stereocenters. The van der Waals surface area contributed by atoms with Gasteiger partial charge in [0.05, 0.1) is 12.3 Å². The standard InChI is InChI=1S/C13H23NO/c1-3-4-5-6-7-10-14-12(2)13-9-8-11-15-13/h8-9,11-12,14H,3-7,10H2,1-2H3. The molecular weight excluding hydrogens is 186 g/mol. The van der Waals surface area contributed by atoms with Crippen LogP contribution < -0.4 is 5.32 Å². The second-order valence-electron chi connectivity index (χ2n) is 4.11. The van der Waals surface area contributed by atoms with Crippen molar-refractivity contribution in [2.24, 2.45) is 0 Å². The maximum absolute atomic E-state index is 5.33. The summed E-state index contributed by atoms with van der Waals surface area (Å²) in [5.41, 5.74) is 0. The van der Waals surface area contributed by atoms with Crippen molar-refractivity contribution in [3.05, 3.63) is 24.2 Å². The lowest BCUT2D eigenvalue weighted by molar-refractivity contribution is 0.425. The zero-order valence-electron chi connectivity index (χ0n) is 9.96. The first-order valence-electron chi connectivity index (χ1n) is 6.11. The van der Waals surface area contributed by atoms with E-state index >= 15 is 0 Å². The van der Waals surface area contributed by atoms with Crippen LogP contribution in [0.1, 0.15) is 57.8 Å². The summed E-state index contributed by atoms with van der Waals surface area (Å²) >= 11 is 0. The Bertz CT molecular complexity index is 231. The van der Waals surface area contributed by atoms with E-state index in [2.05, 4.69) is 19.2 Å². The highest BCUT2D eigenvalue weighted by molar-refractivity contribution is 5.02. The first-order chi connectivity index (χ1) is 7.34. The van der Waals surface area contributed by atoms with Crippen LogP contribution in [-0.4, -0.2) is 6.54 Å². The van der Waals surface area contributed by atoms with Gasteiger partial charge in [0.1, 0.15) is 5.76 Å². The molecule has 0 aromatic carbocycles. The van der Waals surface area contributed by atoms with Gasteiger partial charge >= 0.3 is 0 Å². The summed E-state index contributed by atoms with van der Waals surface area (Å²) in [6.07, 6.45) is 8.39. The molecular formula is C13H23NO. The fraction of sp³-hybridized carbons (Fsp3) is 0.692. The largest absolute Gasteiger partial charge is 0.468 e. The van der Waals surface area contributed by atoms with Crippen LogP contribution in [-0.2, 0) is 0 Å². The zero-order valence-corrected chi connectivity index (χ0v) is 9.96. The highest BCUT2D eigenvalue weighted by Crippen LogP contribution is 2.12. The summed E-state index contributed by atoms with van der Waals surface area (Å²) in [6, 6.07) is 4.30. The smallest absolute Gasteiger partial charge is 0.120 e. The second kappa shape index (κ2) is 7.52. The van der Waals surface area contributed by atoms with Crippen molar-refractivity contribution in [2.45, 2.75) is 52.0 Å². The fourth-order valence-corrected chi connectivity index (χ4v) is 1.69. The molecule has 1 aromatic rings. The van der Waals surface area contributed by atoms with E-state index in [9.17, 15) is 0 Å². The van der Waals surface area contributed by atoms with Crippen LogP contribution in [0.3, 0.4) is 0 Å². The molecule has 0 aliphatic heterocycles. The molecule has 2 nitrogen and oxygen atoms in total. The van der Waals surface area contributed by atoms with Gasteiger partial charge in [0, 0.05) is 0 Å². The van der Waals surface area contributed by atoms with E-state index in [1.165, 1.54) is 32.1 Å². The van der Waals surface area contributed by atoms with Gasteiger partial charge in [0.2, 0.25) is 0 Å². The molecule has 1 heterocycles. The zero-order chi connectivity index (χ0) is 10.9. The molecule has 0 aliphatic carbocycles. The molecule has 15 heavy (non-hydrogen) atoms. The van der Waals surface area contributed by atoms with Crippen LogP contribution in [0.15, 0.2) is 22.8 Å². The first kappa shape index (κ1) is 12.3. The minimum Gasteiger partial charge on any atom is -0.468 e. The molecule has 0 radical (unpaired) electrons. The van der Waals surface area contributed by atoms with Crippen molar-refractivity contribution in [2.75, 3.05) is 6.54 Å². The molecule has 0 amide bonds. The highest BCUT2D eigenvalue weighted by atomic mass is 16.3. The molecule has 0 fully saturated rings. The molecule has 1 N–H and O–H groups in total. The van der Waals surface area contributed by atoms with Gasteiger partial charge < -0.3 is 9.73 Å². The van der Waals surface area contributed by atoms with Gasteiger partial charge in [-0.3, -0.25) is 0 Å². The van der Waals surface area contributed by atoms with Crippen LogP contribution >= 0.6 is 0 Å². The van der Waals surface area contributed by atoms with E-state index in [4.69, 9.17) is 4.42 Å². The van der Waals surface area contributed by atoms with E-state index in [0.29, 0.717) is 6.04 Å². The van der Waals surface area contributed by atoms with Crippen molar-refractivity contribution < 1.29 is 4.42 Å². The van der Waals surface area contributed by atoms with Crippen LogP contribution in [0.5, 0.6) is 0 Å². The number of rotatable bonds is 8. The third-order valence-electron chi connectivity index (χ3n) is 2.70. The summed E-state index contributed by atoms with van der Waals surface area (Å²) < 4.78 is 5.33. The summed E-state index contributed by atoms with van der Waals surface area (Å²) in [4.78, 5) is 0. The van der Waals surface area contributed by atoms with E-state index in [1.807, 2.05) is 12.1 Å². The van der Waals surface area contributed by atoms with E-state index in [1.54, 1.807) is 6.26 Å². The fourth-order valence-electron chi connectivity index (χ4n) is 1.69. The van der Waals surface area contributed by atoms with Crippen LogP contribution in [0, 0.1) is 0 Å². The molecule has 86 valence electrons. The topological polar surface area (TPSA) is 25.2 Å². The lowest BCUT2D eigenvalue weighted by atomic mass is 10.1. The maximum atomic E-state index is 5.33. The SMILES string of the molecule is CCCCCCCNC(C)c1ccco1. The Morgan fingerprint density at radius 1 is 1.27 bits per heavy atom.